The Morgan fingerprint density at radius 1 is 0.872 bits per heavy atom. The third-order valence-electron chi connectivity index (χ3n) is 5.83. The standard InChI is InChI=1S/C30H30N2O7/c1-5-36-26-17-24(32-30(35)20-10-8-7-9-11-20)27(37-6-2)16-23(26)31-29(34)19(4)38-21-12-13-22-18(3)14-28(33)39-25(22)15-21/h7-17,19H,5-6H2,1-4H3,(H,31,34)(H,32,35). The Hall–Kier alpha value is -4.79. The highest BCUT2D eigenvalue weighted by atomic mass is 16.5. The maximum absolute atomic E-state index is 13.1. The first-order valence-corrected chi connectivity index (χ1v) is 12.6. The van der Waals surface area contributed by atoms with Crippen LogP contribution in [-0.4, -0.2) is 31.1 Å². The van der Waals surface area contributed by atoms with Crippen LogP contribution in [-0.2, 0) is 4.79 Å². The number of nitrogens with one attached hydrogen (secondary N) is 2. The van der Waals surface area contributed by atoms with Gasteiger partial charge in [0.25, 0.3) is 11.8 Å². The number of ether oxygens (including phenoxy) is 3. The Morgan fingerprint density at radius 2 is 1.51 bits per heavy atom. The summed E-state index contributed by atoms with van der Waals surface area (Å²) in [7, 11) is 0. The van der Waals surface area contributed by atoms with Crippen LogP contribution in [0.2, 0.25) is 0 Å². The number of benzene rings is 3. The molecule has 1 heterocycles. The fourth-order valence-electron chi connectivity index (χ4n) is 3.96. The van der Waals surface area contributed by atoms with Crippen molar-refractivity contribution in [2.75, 3.05) is 23.8 Å². The van der Waals surface area contributed by atoms with E-state index in [2.05, 4.69) is 10.6 Å². The van der Waals surface area contributed by atoms with Crippen LogP contribution in [0.4, 0.5) is 11.4 Å². The van der Waals surface area contributed by atoms with Crippen molar-refractivity contribution in [1.29, 1.82) is 0 Å². The Kier molecular flexibility index (Phi) is 8.50. The number of carbonyl (C=O) groups is 2. The summed E-state index contributed by atoms with van der Waals surface area (Å²) in [6.07, 6.45) is -0.901. The Bertz CT molecular complexity index is 1550. The van der Waals surface area contributed by atoms with Gasteiger partial charge in [-0.2, -0.15) is 0 Å². The molecule has 1 unspecified atom stereocenters. The lowest BCUT2D eigenvalue weighted by Crippen LogP contribution is -2.30. The molecule has 0 aliphatic heterocycles. The van der Waals surface area contributed by atoms with Crippen molar-refractivity contribution in [3.8, 4) is 17.2 Å². The molecule has 4 rings (SSSR count). The molecule has 1 atom stereocenters. The highest BCUT2D eigenvalue weighted by Gasteiger charge is 2.21. The lowest BCUT2D eigenvalue weighted by atomic mass is 10.1. The zero-order chi connectivity index (χ0) is 27.9. The predicted molar refractivity (Wildman–Crippen MR) is 149 cm³/mol. The molecule has 0 spiro atoms. The van der Waals surface area contributed by atoms with Crippen LogP contribution in [0.3, 0.4) is 0 Å². The normalized spacial score (nSPS) is 11.5. The van der Waals surface area contributed by atoms with Crippen LogP contribution in [0.5, 0.6) is 17.2 Å². The molecule has 0 fully saturated rings. The zero-order valence-corrected chi connectivity index (χ0v) is 22.2. The maximum atomic E-state index is 13.1. The van der Waals surface area contributed by atoms with Gasteiger partial charge < -0.3 is 29.3 Å². The summed E-state index contributed by atoms with van der Waals surface area (Å²) in [6, 6.07) is 18.5. The molecule has 0 aliphatic carbocycles. The molecule has 0 radical (unpaired) electrons. The van der Waals surface area contributed by atoms with E-state index in [-0.39, 0.29) is 5.91 Å². The third-order valence-corrected chi connectivity index (χ3v) is 5.83. The summed E-state index contributed by atoms with van der Waals surface area (Å²) >= 11 is 0. The van der Waals surface area contributed by atoms with E-state index >= 15 is 0 Å². The largest absolute Gasteiger partial charge is 0.492 e. The number of aryl methyl sites for hydroxylation is 1. The first-order valence-electron chi connectivity index (χ1n) is 12.6. The number of hydrogen-bond acceptors (Lipinski definition) is 7. The molecule has 3 aromatic carbocycles. The fourth-order valence-corrected chi connectivity index (χ4v) is 3.96. The number of amides is 2. The van der Waals surface area contributed by atoms with E-state index < -0.39 is 17.6 Å². The fraction of sp³-hybridized carbons (Fsp3) is 0.233. The van der Waals surface area contributed by atoms with Gasteiger partial charge in [0.1, 0.15) is 22.8 Å². The Morgan fingerprint density at radius 3 is 2.15 bits per heavy atom. The van der Waals surface area contributed by atoms with E-state index in [9.17, 15) is 14.4 Å². The van der Waals surface area contributed by atoms with Gasteiger partial charge in [-0.05, 0) is 57.5 Å². The van der Waals surface area contributed by atoms with Crippen molar-refractivity contribution in [3.05, 3.63) is 88.3 Å². The second-order valence-corrected chi connectivity index (χ2v) is 8.69. The lowest BCUT2D eigenvalue weighted by Gasteiger charge is -2.19. The van der Waals surface area contributed by atoms with Crippen molar-refractivity contribution in [2.24, 2.45) is 0 Å². The Labute approximate surface area is 225 Å². The van der Waals surface area contributed by atoms with Gasteiger partial charge in [0, 0.05) is 35.2 Å². The highest BCUT2D eigenvalue weighted by Crippen LogP contribution is 2.37. The van der Waals surface area contributed by atoms with Gasteiger partial charge >= 0.3 is 5.63 Å². The first-order chi connectivity index (χ1) is 18.8. The minimum atomic E-state index is -0.901. The molecule has 9 heteroatoms. The number of carbonyl (C=O) groups excluding carboxylic acids is 2. The van der Waals surface area contributed by atoms with E-state index in [0.29, 0.717) is 53.0 Å². The summed E-state index contributed by atoms with van der Waals surface area (Å²) in [6.45, 7) is 7.73. The minimum Gasteiger partial charge on any atom is -0.492 e. The van der Waals surface area contributed by atoms with E-state index in [1.807, 2.05) is 26.8 Å². The molecule has 39 heavy (non-hydrogen) atoms. The smallest absolute Gasteiger partial charge is 0.336 e. The van der Waals surface area contributed by atoms with Crippen molar-refractivity contribution in [3.63, 3.8) is 0 Å². The Balaban J connectivity index is 1.55. The predicted octanol–water partition coefficient (Wildman–Crippen LogP) is 5.56. The summed E-state index contributed by atoms with van der Waals surface area (Å²) in [5, 5.41) is 6.46. The minimum absolute atomic E-state index is 0.306. The summed E-state index contributed by atoms with van der Waals surface area (Å²) < 4.78 is 22.6. The van der Waals surface area contributed by atoms with E-state index in [0.717, 1.165) is 10.9 Å². The number of fused-ring (bicyclic) bond motifs is 1. The van der Waals surface area contributed by atoms with Gasteiger partial charge in [-0.1, -0.05) is 18.2 Å². The van der Waals surface area contributed by atoms with Crippen molar-refractivity contribution < 1.29 is 28.2 Å². The zero-order valence-electron chi connectivity index (χ0n) is 22.2. The van der Waals surface area contributed by atoms with Crippen LogP contribution >= 0.6 is 0 Å². The molecule has 0 aliphatic rings. The SMILES string of the molecule is CCOc1cc(NC(=O)C(C)Oc2ccc3c(C)cc(=O)oc3c2)c(OCC)cc1NC(=O)c1ccccc1. The summed E-state index contributed by atoms with van der Waals surface area (Å²) in [4.78, 5) is 37.6. The molecular formula is C30H30N2O7. The average molecular weight is 531 g/mol. The number of rotatable bonds is 10. The molecule has 4 aromatic rings. The summed E-state index contributed by atoms with van der Waals surface area (Å²) in [5.41, 5.74) is 1.96. The number of hydrogen-bond donors (Lipinski definition) is 2. The summed E-state index contributed by atoms with van der Waals surface area (Å²) in [5.74, 6) is 0.351. The third kappa shape index (κ3) is 6.56. The van der Waals surface area contributed by atoms with Gasteiger partial charge in [0.15, 0.2) is 6.10 Å². The maximum Gasteiger partial charge on any atom is 0.336 e. The van der Waals surface area contributed by atoms with Crippen LogP contribution < -0.4 is 30.5 Å². The quantitative estimate of drug-likeness (QED) is 0.258. The molecule has 202 valence electrons. The van der Waals surface area contributed by atoms with Crippen LogP contribution in [0, 0.1) is 6.92 Å². The molecule has 0 saturated carbocycles. The second-order valence-electron chi connectivity index (χ2n) is 8.69. The van der Waals surface area contributed by atoms with Gasteiger partial charge in [0.05, 0.1) is 24.6 Å². The van der Waals surface area contributed by atoms with Crippen LogP contribution in [0.15, 0.2) is 75.9 Å². The molecule has 1 aromatic heterocycles. The molecule has 2 amide bonds. The molecule has 9 nitrogen and oxygen atoms in total. The molecule has 0 saturated heterocycles. The van der Waals surface area contributed by atoms with E-state index in [4.69, 9.17) is 18.6 Å². The highest BCUT2D eigenvalue weighted by molar-refractivity contribution is 6.05. The second kappa shape index (κ2) is 12.2. The monoisotopic (exact) mass is 530 g/mol. The average Bonchev–Trinajstić information content (AvgIpc) is 2.91. The molecule has 2 N–H and O–H groups in total. The molecule has 0 bridgehead atoms. The van der Waals surface area contributed by atoms with Crippen LogP contribution in [0.25, 0.3) is 11.0 Å². The van der Waals surface area contributed by atoms with Gasteiger partial charge in [-0.25, -0.2) is 4.79 Å². The van der Waals surface area contributed by atoms with Gasteiger partial charge in [0.2, 0.25) is 0 Å². The van der Waals surface area contributed by atoms with Crippen molar-refractivity contribution in [1.82, 2.24) is 0 Å². The van der Waals surface area contributed by atoms with Crippen molar-refractivity contribution >= 4 is 34.2 Å². The van der Waals surface area contributed by atoms with Crippen molar-refractivity contribution in [2.45, 2.75) is 33.8 Å². The van der Waals surface area contributed by atoms with Gasteiger partial charge in [-0.15, -0.1) is 0 Å². The lowest BCUT2D eigenvalue weighted by molar-refractivity contribution is -0.122. The topological polar surface area (TPSA) is 116 Å². The number of anilines is 2. The van der Waals surface area contributed by atoms with E-state index in [1.54, 1.807) is 61.5 Å². The van der Waals surface area contributed by atoms with Crippen LogP contribution in [0.1, 0.15) is 36.7 Å². The first kappa shape index (κ1) is 27.3. The van der Waals surface area contributed by atoms with Gasteiger partial charge in [-0.3, -0.25) is 9.59 Å². The molecular weight excluding hydrogens is 500 g/mol. The van der Waals surface area contributed by atoms with E-state index in [1.165, 1.54) is 6.07 Å².